The normalized spacial score (nSPS) is 15.5. The Bertz CT molecular complexity index is 1080. The number of nitrogens with zero attached hydrogens (tertiary/aromatic N) is 2. The van der Waals surface area contributed by atoms with Crippen LogP contribution < -0.4 is 4.90 Å². The van der Waals surface area contributed by atoms with Gasteiger partial charge in [0.05, 0.1) is 10.7 Å². The zero-order valence-electron chi connectivity index (χ0n) is 17.0. The minimum atomic E-state index is -0.254. The maximum atomic E-state index is 12.8. The van der Waals surface area contributed by atoms with Gasteiger partial charge in [0, 0.05) is 37.0 Å². The van der Waals surface area contributed by atoms with Gasteiger partial charge in [-0.05, 0) is 34.4 Å². The quantitative estimate of drug-likeness (QED) is 0.519. The van der Waals surface area contributed by atoms with Crippen LogP contribution >= 0.6 is 24.2 Å². The van der Waals surface area contributed by atoms with Crippen molar-refractivity contribution in [2.75, 3.05) is 37.7 Å². The Morgan fingerprint density at radius 3 is 2.16 bits per heavy atom. The molecule has 1 saturated heterocycles. The fourth-order valence-corrected chi connectivity index (χ4v) is 5.01. The van der Waals surface area contributed by atoms with E-state index in [4.69, 9.17) is 16.3 Å². The summed E-state index contributed by atoms with van der Waals surface area (Å²) >= 11 is 10.8. The summed E-state index contributed by atoms with van der Waals surface area (Å²) in [6, 6.07) is 22.6. The third-order valence-corrected chi connectivity index (χ3v) is 7.07. The standard InChI is InChI=1S/C25H23ClN2O2S/c26-24-22(10-5-11-23(24)31)27-12-14-28(15-13-27)25(29)30-16-21-19-8-3-1-6-17(19)18-7-2-4-9-20(18)21/h1-11,21,31H,12-16H2. The van der Waals surface area contributed by atoms with Gasteiger partial charge in [-0.1, -0.05) is 66.2 Å². The Morgan fingerprint density at radius 1 is 0.903 bits per heavy atom. The van der Waals surface area contributed by atoms with E-state index in [1.54, 1.807) is 4.90 Å². The second kappa shape index (κ2) is 8.48. The van der Waals surface area contributed by atoms with E-state index in [9.17, 15) is 4.79 Å². The number of benzene rings is 3. The highest BCUT2D eigenvalue weighted by atomic mass is 35.5. The summed E-state index contributed by atoms with van der Waals surface area (Å²) in [5, 5.41) is 0.653. The van der Waals surface area contributed by atoms with Crippen LogP contribution in [-0.4, -0.2) is 43.8 Å². The molecule has 1 amide bonds. The summed E-state index contributed by atoms with van der Waals surface area (Å²) in [5.41, 5.74) is 5.87. The van der Waals surface area contributed by atoms with Crippen LogP contribution in [0.15, 0.2) is 71.6 Å². The van der Waals surface area contributed by atoms with Gasteiger partial charge < -0.3 is 14.5 Å². The van der Waals surface area contributed by atoms with Crippen LogP contribution in [0.3, 0.4) is 0 Å². The van der Waals surface area contributed by atoms with E-state index in [1.165, 1.54) is 22.3 Å². The van der Waals surface area contributed by atoms with Gasteiger partial charge in [0.2, 0.25) is 0 Å². The Balaban J connectivity index is 1.23. The van der Waals surface area contributed by atoms with E-state index in [-0.39, 0.29) is 12.0 Å². The lowest BCUT2D eigenvalue weighted by Gasteiger charge is -2.36. The van der Waals surface area contributed by atoms with Crippen LogP contribution in [0.1, 0.15) is 17.0 Å². The van der Waals surface area contributed by atoms with Gasteiger partial charge in [-0.3, -0.25) is 0 Å². The average molecular weight is 451 g/mol. The summed E-state index contributed by atoms with van der Waals surface area (Å²) in [7, 11) is 0. The first-order chi connectivity index (χ1) is 15.1. The molecule has 158 valence electrons. The maximum absolute atomic E-state index is 12.8. The molecule has 2 aliphatic rings. The van der Waals surface area contributed by atoms with E-state index in [0.717, 1.165) is 10.6 Å². The first kappa shape index (κ1) is 20.3. The molecule has 3 aromatic carbocycles. The monoisotopic (exact) mass is 450 g/mol. The molecule has 0 saturated carbocycles. The van der Waals surface area contributed by atoms with Crippen LogP contribution in [0, 0.1) is 0 Å². The zero-order valence-corrected chi connectivity index (χ0v) is 18.7. The van der Waals surface area contributed by atoms with Crippen molar-refractivity contribution in [3.8, 4) is 11.1 Å². The number of carbonyl (C=O) groups excluding carboxylic acids is 1. The number of anilines is 1. The summed E-state index contributed by atoms with van der Waals surface area (Å²) in [6.07, 6.45) is -0.254. The molecule has 6 heteroatoms. The summed E-state index contributed by atoms with van der Waals surface area (Å²) < 4.78 is 5.79. The molecule has 5 rings (SSSR count). The number of hydrogen-bond donors (Lipinski definition) is 1. The van der Waals surface area contributed by atoms with Crippen molar-refractivity contribution in [1.82, 2.24) is 4.90 Å². The molecular weight excluding hydrogens is 428 g/mol. The predicted molar refractivity (Wildman–Crippen MR) is 128 cm³/mol. The van der Waals surface area contributed by atoms with Crippen LogP contribution in [0.4, 0.5) is 10.5 Å². The summed E-state index contributed by atoms with van der Waals surface area (Å²) in [4.78, 5) is 17.5. The van der Waals surface area contributed by atoms with Gasteiger partial charge in [0.1, 0.15) is 6.61 Å². The van der Waals surface area contributed by atoms with E-state index in [1.807, 2.05) is 30.3 Å². The van der Waals surface area contributed by atoms with Crippen molar-refractivity contribution >= 4 is 36.0 Å². The molecule has 0 N–H and O–H groups in total. The molecule has 0 aromatic heterocycles. The largest absolute Gasteiger partial charge is 0.448 e. The lowest BCUT2D eigenvalue weighted by atomic mass is 9.98. The van der Waals surface area contributed by atoms with E-state index in [0.29, 0.717) is 37.8 Å². The number of halogens is 1. The Kier molecular flexibility index (Phi) is 5.55. The van der Waals surface area contributed by atoms with Gasteiger partial charge >= 0.3 is 6.09 Å². The molecule has 0 unspecified atom stereocenters. The molecule has 0 radical (unpaired) electrons. The van der Waals surface area contributed by atoms with Crippen molar-refractivity contribution in [2.24, 2.45) is 0 Å². The van der Waals surface area contributed by atoms with Crippen molar-refractivity contribution < 1.29 is 9.53 Å². The van der Waals surface area contributed by atoms with Crippen LogP contribution in [0.25, 0.3) is 11.1 Å². The summed E-state index contributed by atoms with van der Waals surface area (Å²) in [5.74, 6) is 0.0783. The number of hydrogen-bond acceptors (Lipinski definition) is 4. The topological polar surface area (TPSA) is 32.8 Å². The zero-order chi connectivity index (χ0) is 21.4. The van der Waals surface area contributed by atoms with Gasteiger partial charge in [0.25, 0.3) is 0 Å². The number of amides is 1. The predicted octanol–water partition coefficient (Wildman–Crippen LogP) is 5.70. The molecule has 1 aliphatic heterocycles. The number of carbonyl (C=O) groups is 1. The maximum Gasteiger partial charge on any atom is 0.409 e. The van der Waals surface area contributed by atoms with Gasteiger partial charge in [0.15, 0.2) is 0 Å². The Labute approximate surface area is 192 Å². The molecule has 1 aliphatic carbocycles. The molecular formula is C25H23ClN2O2S. The third kappa shape index (κ3) is 3.77. The first-order valence-electron chi connectivity index (χ1n) is 10.5. The molecule has 0 spiro atoms. The molecule has 1 heterocycles. The van der Waals surface area contributed by atoms with Crippen LogP contribution in [-0.2, 0) is 4.74 Å². The van der Waals surface area contributed by atoms with Crippen molar-refractivity contribution in [1.29, 1.82) is 0 Å². The molecule has 3 aromatic rings. The number of thiol groups is 1. The number of ether oxygens (including phenoxy) is 1. The molecule has 4 nitrogen and oxygen atoms in total. The lowest BCUT2D eigenvalue weighted by molar-refractivity contribution is 0.0977. The summed E-state index contributed by atoms with van der Waals surface area (Å²) in [6.45, 7) is 2.97. The average Bonchev–Trinajstić information content (AvgIpc) is 3.13. The van der Waals surface area contributed by atoms with E-state index in [2.05, 4.69) is 53.9 Å². The van der Waals surface area contributed by atoms with E-state index >= 15 is 0 Å². The van der Waals surface area contributed by atoms with Crippen molar-refractivity contribution in [2.45, 2.75) is 10.8 Å². The SMILES string of the molecule is O=C(OCC1c2ccccc2-c2ccccc21)N1CCN(c2cccc(S)c2Cl)CC1. The molecule has 0 atom stereocenters. The first-order valence-corrected chi connectivity index (χ1v) is 11.3. The minimum Gasteiger partial charge on any atom is -0.448 e. The van der Waals surface area contributed by atoms with Crippen molar-refractivity contribution in [3.63, 3.8) is 0 Å². The van der Waals surface area contributed by atoms with Gasteiger partial charge in [-0.15, -0.1) is 12.6 Å². The number of fused-ring (bicyclic) bond motifs is 3. The molecule has 0 bridgehead atoms. The molecule has 1 fully saturated rings. The minimum absolute atomic E-state index is 0.0783. The second-order valence-corrected chi connectivity index (χ2v) is 8.75. The highest BCUT2D eigenvalue weighted by Gasteiger charge is 2.30. The third-order valence-electron chi connectivity index (χ3n) is 6.17. The van der Waals surface area contributed by atoms with Crippen molar-refractivity contribution in [3.05, 3.63) is 82.9 Å². The fraction of sp³-hybridized carbons (Fsp3) is 0.240. The smallest absolute Gasteiger partial charge is 0.409 e. The van der Waals surface area contributed by atoms with Crippen LogP contribution in [0.2, 0.25) is 5.02 Å². The van der Waals surface area contributed by atoms with Gasteiger partial charge in [-0.25, -0.2) is 4.79 Å². The highest BCUT2D eigenvalue weighted by Crippen LogP contribution is 2.44. The second-order valence-electron chi connectivity index (χ2n) is 7.89. The van der Waals surface area contributed by atoms with Crippen LogP contribution in [0.5, 0.6) is 0 Å². The number of piperazine rings is 1. The Morgan fingerprint density at radius 2 is 1.52 bits per heavy atom. The van der Waals surface area contributed by atoms with E-state index < -0.39 is 0 Å². The number of rotatable bonds is 3. The Hall–Kier alpha value is -2.63. The van der Waals surface area contributed by atoms with Gasteiger partial charge in [-0.2, -0.15) is 0 Å². The highest BCUT2D eigenvalue weighted by molar-refractivity contribution is 7.80. The lowest BCUT2D eigenvalue weighted by Crippen LogP contribution is -2.49. The fourth-order valence-electron chi connectivity index (χ4n) is 4.57. The molecule has 31 heavy (non-hydrogen) atoms.